The molecule has 1 saturated heterocycles. The molecule has 0 spiro atoms. The van der Waals surface area contributed by atoms with Crippen molar-refractivity contribution in [3.05, 3.63) is 45.5 Å². The van der Waals surface area contributed by atoms with Crippen LogP contribution in [0.2, 0.25) is 5.02 Å². The van der Waals surface area contributed by atoms with Gasteiger partial charge in [0.05, 0.1) is 10.9 Å². The Bertz CT molecular complexity index is 863. The molecule has 4 rings (SSSR count). The highest BCUT2D eigenvalue weighted by atomic mass is 35.5. The molecule has 2 unspecified atom stereocenters. The molecule has 6 heteroatoms. The summed E-state index contributed by atoms with van der Waals surface area (Å²) in [6.45, 7) is 5.02. The van der Waals surface area contributed by atoms with Crippen LogP contribution in [0.1, 0.15) is 26.1 Å². The molecule has 0 saturated carbocycles. The monoisotopic (exact) mass is 330 g/mol. The first-order valence-corrected chi connectivity index (χ1v) is 8.34. The molecule has 2 aliphatic heterocycles. The SMILES string of the molecule is CC1NNC(C)C1/C=C1\CCn2c1nc1cc(Cl)ccc1c2=O. The third kappa shape index (κ3) is 2.40. The molecule has 0 amide bonds. The van der Waals surface area contributed by atoms with Crippen molar-refractivity contribution < 1.29 is 0 Å². The second-order valence-electron chi connectivity index (χ2n) is 6.44. The fourth-order valence-electron chi connectivity index (χ4n) is 3.56. The molecule has 120 valence electrons. The lowest BCUT2D eigenvalue weighted by Crippen LogP contribution is -2.30. The van der Waals surface area contributed by atoms with Crippen LogP contribution in [0, 0.1) is 5.92 Å². The molecule has 1 fully saturated rings. The van der Waals surface area contributed by atoms with Crippen molar-refractivity contribution in [3.8, 4) is 0 Å². The predicted octanol–water partition coefficient (Wildman–Crippen LogP) is 2.34. The van der Waals surface area contributed by atoms with E-state index in [9.17, 15) is 4.79 Å². The number of nitrogens with zero attached hydrogens (tertiary/aromatic N) is 2. The molecule has 2 N–H and O–H groups in total. The van der Waals surface area contributed by atoms with Gasteiger partial charge < -0.3 is 0 Å². The Morgan fingerprint density at radius 2 is 2.04 bits per heavy atom. The summed E-state index contributed by atoms with van der Waals surface area (Å²) in [6.07, 6.45) is 3.12. The predicted molar refractivity (Wildman–Crippen MR) is 92.3 cm³/mol. The van der Waals surface area contributed by atoms with Crippen LogP contribution in [0.4, 0.5) is 0 Å². The summed E-state index contributed by atoms with van der Waals surface area (Å²) in [5.74, 6) is 1.17. The van der Waals surface area contributed by atoms with Gasteiger partial charge in [0.15, 0.2) is 0 Å². The number of hydrogen-bond donors (Lipinski definition) is 2. The number of aromatic nitrogens is 2. The number of nitrogens with one attached hydrogen (secondary N) is 2. The summed E-state index contributed by atoms with van der Waals surface area (Å²) in [5, 5.41) is 1.23. The molecule has 0 bridgehead atoms. The maximum absolute atomic E-state index is 12.7. The number of hydrazine groups is 1. The van der Waals surface area contributed by atoms with E-state index in [4.69, 9.17) is 16.6 Å². The van der Waals surface area contributed by atoms with E-state index in [2.05, 4.69) is 30.8 Å². The highest BCUT2D eigenvalue weighted by molar-refractivity contribution is 6.31. The summed E-state index contributed by atoms with van der Waals surface area (Å²) in [6, 6.07) is 5.97. The van der Waals surface area contributed by atoms with Crippen LogP contribution in [-0.2, 0) is 6.54 Å². The Kier molecular flexibility index (Phi) is 3.52. The second-order valence-corrected chi connectivity index (χ2v) is 6.88. The lowest BCUT2D eigenvalue weighted by Gasteiger charge is -2.14. The molecule has 2 aliphatic rings. The highest BCUT2D eigenvalue weighted by Gasteiger charge is 2.30. The number of halogens is 1. The average molecular weight is 331 g/mol. The molecule has 1 aromatic heterocycles. The number of hydrogen-bond acceptors (Lipinski definition) is 4. The zero-order chi connectivity index (χ0) is 16.1. The number of rotatable bonds is 1. The van der Waals surface area contributed by atoms with E-state index in [1.165, 1.54) is 0 Å². The van der Waals surface area contributed by atoms with Crippen molar-refractivity contribution in [1.82, 2.24) is 20.4 Å². The third-order valence-corrected chi connectivity index (χ3v) is 5.13. The molecule has 23 heavy (non-hydrogen) atoms. The smallest absolute Gasteiger partial charge is 0.261 e. The van der Waals surface area contributed by atoms with Crippen LogP contribution in [-0.4, -0.2) is 21.6 Å². The fourth-order valence-corrected chi connectivity index (χ4v) is 3.72. The molecule has 3 heterocycles. The quantitative estimate of drug-likeness (QED) is 0.842. The summed E-state index contributed by atoms with van der Waals surface area (Å²) < 4.78 is 1.78. The van der Waals surface area contributed by atoms with Crippen molar-refractivity contribution >= 4 is 28.1 Å². The minimum Gasteiger partial charge on any atom is -0.292 e. The summed E-state index contributed by atoms with van der Waals surface area (Å²) in [4.78, 5) is 17.4. The van der Waals surface area contributed by atoms with Gasteiger partial charge in [0.2, 0.25) is 0 Å². The molecule has 0 aliphatic carbocycles. The Labute approximate surface area is 139 Å². The van der Waals surface area contributed by atoms with Gasteiger partial charge in [-0.2, -0.15) is 0 Å². The van der Waals surface area contributed by atoms with Crippen molar-refractivity contribution in [3.63, 3.8) is 0 Å². The van der Waals surface area contributed by atoms with Crippen LogP contribution in [0.3, 0.4) is 0 Å². The number of fused-ring (bicyclic) bond motifs is 2. The van der Waals surface area contributed by atoms with Crippen LogP contribution in [0.15, 0.2) is 29.1 Å². The van der Waals surface area contributed by atoms with Crippen molar-refractivity contribution in [2.45, 2.75) is 38.9 Å². The Balaban J connectivity index is 1.85. The Morgan fingerprint density at radius 3 is 2.78 bits per heavy atom. The van der Waals surface area contributed by atoms with E-state index in [1.54, 1.807) is 22.8 Å². The minimum atomic E-state index is 0.0221. The zero-order valence-electron chi connectivity index (χ0n) is 13.1. The van der Waals surface area contributed by atoms with E-state index >= 15 is 0 Å². The molecular weight excluding hydrogens is 312 g/mol. The first kappa shape index (κ1) is 14.9. The van der Waals surface area contributed by atoms with E-state index < -0.39 is 0 Å². The van der Waals surface area contributed by atoms with E-state index in [-0.39, 0.29) is 5.56 Å². The van der Waals surface area contributed by atoms with E-state index in [1.807, 2.05) is 0 Å². The zero-order valence-corrected chi connectivity index (χ0v) is 13.9. The first-order valence-electron chi connectivity index (χ1n) is 7.97. The van der Waals surface area contributed by atoms with Gasteiger partial charge in [-0.05, 0) is 44.0 Å². The van der Waals surface area contributed by atoms with Gasteiger partial charge in [-0.25, -0.2) is 4.98 Å². The standard InChI is InChI=1S/C17H19ClN4O/c1-9-14(10(2)21-20-9)7-11-5-6-22-16(11)19-15-8-12(18)3-4-13(15)17(22)23/h3-4,7-10,14,20-21H,5-6H2,1-2H3/b11-7+. The van der Waals surface area contributed by atoms with Gasteiger partial charge >= 0.3 is 0 Å². The van der Waals surface area contributed by atoms with Gasteiger partial charge in [-0.1, -0.05) is 17.7 Å². The molecule has 2 atom stereocenters. The molecule has 5 nitrogen and oxygen atoms in total. The topological polar surface area (TPSA) is 58.9 Å². The van der Waals surface area contributed by atoms with Gasteiger partial charge in [0, 0.05) is 29.6 Å². The molecule has 0 radical (unpaired) electrons. The molecule has 2 aromatic rings. The lowest BCUT2D eigenvalue weighted by molar-refractivity contribution is 0.540. The van der Waals surface area contributed by atoms with Crippen LogP contribution in [0.5, 0.6) is 0 Å². The van der Waals surface area contributed by atoms with Crippen molar-refractivity contribution in [2.75, 3.05) is 0 Å². The summed E-state index contributed by atoms with van der Waals surface area (Å²) in [7, 11) is 0. The maximum Gasteiger partial charge on any atom is 0.261 e. The maximum atomic E-state index is 12.7. The fraction of sp³-hybridized carbons (Fsp3) is 0.412. The van der Waals surface area contributed by atoms with E-state index in [0.717, 1.165) is 17.8 Å². The van der Waals surface area contributed by atoms with Gasteiger partial charge in [-0.15, -0.1) is 0 Å². The normalized spacial score (nSPS) is 28.7. The minimum absolute atomic E-state index is 0.0221. The van der Waals surface area contributed by atoms with Gasteiger partial charge in [0.25, 0.3) is 5.56 Å². The number of benzene rings is 1. The summed E-state index contributed by atoms with van der Waals surface area (Å²) >= 11 is 6.05. The van der Waals surface area contributed by atoms with Crippen LogP contribution < -0.4 is 16.4 Å². The Morgan fingerprint density at radius 1 is 1.30 bits per heavy atom. The lowest BCUT2D eigenvalue weighted by atomic mass is 9.93. The third-order valence-electron chi connectivity index (χ3n) is 4.90. The Hall–Kier alpha value is -1.69. The van der Waals surface area contributed by atoms with Crippen LogP contribution >= 0.6 is 11.6 Å². The average Bonchev–Trinajstić information content (AvgIpc) is 3.06. The second kappa shape index (κ2) is 5.44. The van der Waals surface area contributed by atoms with Crippen molar-refractivity contribution in [1.29, 1.82) is 0 Å². The van der Waals surface area contributed by atoms with Crippen molar-refractivity contribution in [2.24, 2.45) is 5.92 Å². The van der Waals surface area contributed by atoms with Crippen LogP contribution in [0.25, 0.3) is 16.5 Å². The van der Waals surface area contributed by atoms with Gasteiger partial charge in [0.1, 0.15) is 5.82 Å². The van der Waals surface area contributed by atoms with E-state index in [0.29, 0.717) is 40.5 Å². The molecular formula is C17H19ClN4O. The number of allylic oxidation sites excluding steroid dienone is 1. The largest absolute Gasteiger partial charge is 0.292 e. The van der Waals surface area contributed by atoms with Gasteiger partial charge in [-0.3, -0.25) is 20.2 Å². The first-order chi connectivity index (χ1) is 11.0. The molecule has 1 aromatic carbocycles. The highest BCUT2D eigenvalue weighted by Crippen LogP contribution is 2.29. The summed E-state index contributed by atoms with van der Waals surface area (Å²) in [5.41, 5.74) is 8.37.